The monoisotopic (exact) mass is 696 g/mol. The zero-order valence-electron chi connectivity index (χ0n) is 29.7. The van der Waals surface area contributed by atoms with Gasteiger partial charge in [-0.1, -0.05) is 109 Å². The van der Waals surface area contributed by atoms with E-state index >= 15 is 0 Å². The van der Waals surface area contributed by atoms with E-state index < -0.39 is 5.92 Å². The standard InChI is InChI=1S/C45H44O7/c1-47-42-25-35(19-22-39(42)50-29-32-13-7-4-8-14-32)38(28-46)45(36-20-23-40(43(26-36)48-2)51-30-33-15-9-5-10-16-33)37-21-24-41(44(27-37)49-3)52-31-34-17-11-6-12-18-34/h4-27,38,45-46H,28-31H2,1-3H3. The van der Waals surface area contributed by atoms with Crippen LogP contribution in [0.2, 0.25) is 0 Å². The summed E-state index contributed by atoms with van der Waals surface area (Å²) in [5.74, 6) is 2.90. The summed E-state index contributed by atoms with van der Waals surface area (Å²) in [7, 11) is 4.89. The molecule has 0 aromatic heterocycles. The molecule has 7 nitrogen and oxygen atoms in total. The SMILES string of the molecule is COc1cc(C(CO)C(c2ccc(OCc3ccccc3)c(OC)c2)c2ccc(OCc3ccccc3)c(OC)c2)ccc1OCc1ccccc1. The minimum absolute atomic E-state index is 0.152. The molecule has 0 bridgehead atoms. The predicted molar refractivity (Wildman–Crippen MR) is 203 cm³/mol. The Balaban J connectivity index is 1.36. The molecule has 0 aliphatic heterocycles. The van der Waals surface area contributed by atoms with Crippen LogP contribution in [0, 0.1) is 0 Å². The maximum absolute atomic E-state index is 11.2. The maximum Gasteiger partial charge on any atom is 0.161 e. The van der Waals surface area contributed by atoms with Gasteiger partial charge in [-0.2, -0.15) is 0 Å². The predicted octanol–water partition coefficient (Wildman–Crippen LogP) is 9.36. The summed E-state index contributed by atoms with van der Waals surface area (Å²) in [6.07, 6.45) is 0. The van der Waals surface area contributed by atoms with Crippen molar-refractivity contribution >= 4 is 0 Å². The van der Waals surface area contributed by atoms with E-state index in [1.165, 1.54) is 0 Å². The lowest BCUT2D eigenvalue weighted by molar-refractivity contribution is 0.253. The number of aliphatic hydroxyl groups excluding tert-OH is 1. The first-order valence-electron chi connectivity index (χ1n) is 17.2. The van der Waals surface area contributed by atoms with Crippen LogP contribution in [0.3, 0.4) is 0 Å². The molecule has 52 heavy (non-hydrogen) atoms. The maximum atomic E-state index is 11.2. The highest BCUT2D eigenvalue weighted by atomic mass is 16.5. The van der Waals surface area contributed by atoms with Gasteiger partial charge in [0, 0.05) is 11.8 Å². The molecule has 0 heterocycles. The smallest absolute Gasteiger partial charge is 0.161 e. The molecule has 1 N–H and O–H groups in total. The van der Waals surface area contributed by atoms with Gasteiger partial charge in [-0.05, 0) is 69.8 Å². The Morgan fingerprint density at radius 2 is 0.731 bits per heavy atom. The molecule has 6 aromatic carbocycles. The van der Waals surface area contributed by atoms with Crippen LogP contribution in [0.25, 0.3) is 0 Å². The topological polar surface area (TPSA) is 75.6 Å². The summed E-state index contributed by atoms with van der Waals surface area (Å²) >= 11 is 0. The van der Waals surface area contributed by atoms with Crippen molar-refractivity contribution in [1.82, 2.24) is 0 Å². The normalized spacial score (nSPS) is 11.5. The second-order valence-corrected chi connectivity index (χ2v) is 12.3. The lowest BCUT2D eigenvalue weighted by Crippen LogP contribution is -2.17. The quantitative estimate of drug-likeness (QED) is 0.102. The van der Waals surface area contributed by atoms with Crippen molar-refractivity contribution < 1.29 is 33.5 Å². The summed E-state index contributed by atoms with van der Waals surface area (Å²) in [6.45, 7) is 1.06. The van der Waals surface area contributed by atoms with E-state index in [0.717, 1.165) is 33.4 Å². The van der Waals surface area contributed by atoms with Gasteiger partial charge < -0.3 is 33.5 Å². The van der Waals surface area contributed by atoms with E-state index in [-0.39, 0.29) is 12.5 Å². The summed E-state index contributed by atoms with van der Waals surface area (Å²) in [5.41, 5.74) is 5.88. The van der Waals surface area contributed by atoms with E-state index in [9.17, 15) is 5.11 Å². The van der Waals surface area contributed by atoms with Gasteiger partial charge in [0.05, 0.1) is 27.9 Å². The van der Waals surface area contributed by atoms with Gasteiger partial charge in [-0.3, -0.25) is 0 Å². The molecule has 0 saturated heterocycles. The second kappa shape index (κ2) is 17.8. The first kappa shape index (κ1) is 35.9. The Hall–Kier alpha value is -5.92. The van der Waals surface area contributed by atoms with Crippen molar-refractivity contribution in [2.24, 2.45) is 0 Å². The minimum atomic E-state index is -0.390. The van der Waals surface area contributed by atoms with Crippen molar-refractivity contribution in [3.63, 3.8) is 0 Å². The third kappa shape index (κ3) is 8.86. The molecule has 266 valence electrons. The summed E-state index contributed by atoms with van der Waals surface area (Å²) in [5, 5.41) is 11.2. The molecular weight excluding hydrogens is 652 g/mol. The molecule has 0 spiro atoms. The minimum Gasteiger partial charge on any atom is -0.493 e. The first-order chi connectivity index (χ1) is 25.6. The number of rotatable bonds is 17. The zero-order valence-corrected chi connectivity index (χ0v) is 29.7. The molecular formula is C45H44O7. The van der Waals surface area contributed by atoms with Gasteiger partial charge >= 0.3 is 0 Å². The van der Waals surface area contributed by atoms with Crippen LogP contribution in [0.1, 0.15) is 45.2 Å². The Morgan fingerprint density at radius 3 is 1.06 bits per heavy atom. The molecule has 6 rings (SSSR count). The van der Waals surface area contributed by atoms with E-state index in [1.807, 2.05) is 146 Å². The second-order valence-electron chi connectivity index (χ2n) is 12.3. The lowest BCUT2D eigenvalue weighted by Gasteiger charge is -2.29. The first-order valence-corrected chi connectivity index (χ1v) is 17.2. The highest BCUT2D eigenvalue weighted by Crippen LogP contribution is 2.45. The Kier molecular flexibility index (Phi) is 12.3. The fourth-order valence-corrected chi connectivity index (χ4v) is 6.29. The highest BCUT2D eigenvalue weighted by Gasteiger charge is 2.29. The van der Waals surface area contributed by atoms with Crippen LogP contribution < -0.4 is 28.4 Å². The number of methoxy groups -OCH3 is 3. The van der Waals surface area contributed by atoms with Crippen LogP contribution in [-0.4, -0.2) is 33.0 Å². The number of ether oxygens (including phenoxy) is 6. The van der Waals surface area contributed by atoms with Crippen molar-refractivity contribution in [2.75, 3.05) is 27.9 Å². The van der Waals surface area contributed by atoms with Crippen LogP contribution in [0.4, 0.5) is 0 Å². The average Bonchev–Trinajstić information content (AvgIpc) is 3.21. The summed E-state index contributed by atoms with van der Waals surface area (Å²) < 4.78 is 36.1. The van der Waals surface area contributed by atoms with Gasteiger partial charge in [0.1, 0.15) is 19.8 Å². The molecule has 1 unspecified atom stereocenters. The van der Waals surface area contributed by atoms with Crippen LogP contribution >= 0.6 is 0 Å². The number of hydrogen-bond acceptors (Lipinski definition) is 7. The highest BCUT2D eigenvalue weighted by molar-refractivity contribution is 5.53. The molecule has 0 radical (unpaired) electrons. The molecule has 0 amide bonds. The number of aliphatic hydroxyl groups is 1. The van der Waals surface area contributed by atoms with Gasteiger partial charge in [0.15, 0.2) is 34.5 Å². The largest absolute Gasteiger partial charge is 0.493 e. The van der Waals surface area contributed by atoms with Gasteiger partial charge in [0.25, 0.3) is 0 Å². The van der Waals surface area contributed by atoms with Crippen molar-refractivity contribution in [3.8, 4) is 34.5 Å². The molecule has 0 aliphatic rings. The fraction of sp³-hybridized carbons (Fsp3) is 0.200. The molecule has 6 aromatic rings. The third-order valence-corrected chi connectivity index (χ3v) is 9.02. The van der Waals surface area contributed by atoms with Gasteiger partial charge in [0.2, 0.25) is 0 Å². The fourth-order valence-electron chi connectivity index (χ4n) is 6.29. The molecule has 0 fully saturated rings. The zero-order chi connectivity index (χ0) is 36.1. The molecule has 7 heteroatoms. The Labute approximate surface area is 305 Å². The van der Waals surface area contributed by atoms with Gasteiger partial charge in [-0.15, -0.1) is 0 Å². The molecule has 1 atom stereocenters. The van der Waals surface area contributed by atoms with Crippen LogP contribution in [0.15, 0.2) is 146 Å². The molecule has 0 saturated carbocycles. The summed E-state index contributed by atoms with van der Waals surface area (Å²) in [6, 6.07) is 47.7. The van der Waals surface area contributed by atoms with Gasteiger partial charge in [-0.25, -0.2) is 0 Å². The van der Waals surface area contributed by atoms with Crippen LogP contribution in [0.5, 0.6) is 34.5 Å². The van der Waals surface area contributed by atoms with E-state index in [2.05, 4.69) is 0 Å². The van der Waals surface area contributed by atoms with E-state index in [1.54, 1.807) is 21.3 Å². The van der Waals surface area contributed by atoms with Crippen molar-refractivity contribution in [2.45, 2.75) is 31.7 Å². The molecule has 0 aliphatic carbocycles. The third-order valence-electron chi connectivity index (χ3n) is 9.02. The van der Waals surface area contributed by atoms with Crippen molar-refractivity contribution in [3.05, 3.63) is 179 Å². The average molecular weight is 697 g/mol. The Morgan fingerprint density at radius 1 is 0.404 bits per heavy atom. The van der Waals surface area contributed by atoms with Crippen molar-refractivity contribution in [1.29, 1.82) is 0 Å². The number of benzene rings is 6. The lowest BCUT2D eigenvalue weighted by atomic mass is 9.77. The Bertz CT molecular complexity index is 1900. The van der Waals surface area contributed by atoms with Crippen LogP contribution in [-0.2, 0) is 19.8 Å². The number of hydrogen-bond donors (Lipinski definition) is 1. The van der Waals surface area contributed by atoms with E-state index in [0.29, 0.717) is 54.3 Å². The van der Waals surface area contributed by atoms with E-state index in [4.69, 9.17) is 28.4 Å². The summed E-state index contributed by atoms with van der Waals surface area (Å²) in [4.78, 5) is 0.